The van der Waals surface area contributed by atoms with Crippen LogP contribution in [0.3, 0.4) is 0 Å². The SMILES string of the molecule is O=C(c1ccccc1I)N(CCN1CCOCC1)c1nc2ccccc2s1. The molecule has 1 saturated heterocycles. The summed E-state index contributed by atoms with van der Waals surface area (Å²) in [4.78, 5) is 22.3. The number of morpholine rings is 1. The molecule has 3 aromatic rings. The van der Waals surface area contributed by atoms with Crippen molar-refractivity contribution in [1.82, 2.24) is 9.88 Å². The molecule has 2 heterocycles. The lowest BCUT2D eigenvalue weighted by Gasteiger charge is -2.29. The zero-order chi connectivity index (χ0) is 18.6. The summed E-state index contributed by atoms with van der Waals surface area (Å²) in [6.07, 6.45) is 0. The second kappa shape index (κ2) is 8.64. The topological polar surface area (TPSA) is 45.7 Å². The number of para-hydroxylation sites is 1. The molecule has 0 N–H and O–H groups in total. The Morgan fingerprint density at radius 2 is 1.89 bits per heavy atom. The molecule has 1 aliphatic heterocycles. The van der Waals surface area contributed by atoms with Gasteiger partial charge < -0.3 is 4.74 Å². The van der Waals surface area contributed by atoms with Crippen LogP contribution in [0.25, 0.3) is 10.2 Å². The van der Waals surface area contributed by atoms with E-state index in [0.29, 0.717) is 6.54 Å². The number of thiazole rings is 1. The highest BCUT2D eigenvalue weighted by Crippen LogP contribution is 2.30. The maximum atomic E-state index is 13.4. The molecule has 0 unspecified atom stereocenters. The normalized spacial score (nSPS) is 15.1. The molecule has 140 valence electrons. The highest BCUT2D eigenvalue weighted by atomic mass is 127. The Balaban J connectivity index is 1.63. The van der Waals surface area contributed by atoms with Gasteiger partial charge in [0, 0.05) is 29.7 Å². The Morgan fingerprint density at radius 1 is 1.15 bits per heavy atom. The van der Waals surface area contributed by atoms with Crippen LogP contribution in [-0.4, -0.2) is 55.2 Å². The maximum absolute atomic E-state index is 13.4. The van der Waals surface area contributed by atoms with Gasteiger partial charge in [-0.25, -0.2) is 4.98 Å². The largest absolute Gasteiger partial charge is 0.379 e. The molecular formula is C20H20IN3O2S. The van der Waals surface area contributed by atoms with Gasteiger partial charge in [-0.15, -0.1) is 0 Å². The second-order valence-electron chi connectivity index (χ2n) is 6.35. The predicted molar refractivity (Wildman–Crippen MR) is 118 cm³/mol. The first-order chi connectivity index (χ1) is 13.2. The first kappa shape index (κ1) is 18.8. The van der Waals surface area contributed by atoms with Gasteiger partial charge in [0.1, 0.15) is 0 Å². The Labute approximate surface area is 176 Å². The van der Waals surface area contributed by atoms with Gasteiger partial charge in [-0.05, 0) is 46.9 Å². The van der Waals surface area contributed by atoms with Crippen molar-refractivity contribution in [1.29, 1.82) is 0 Å². The van der Waals surface area contributed by atoms with E-state index in [2.05, 4.69) is 27.5 Å². The number of anilines is 1. The number of benzene rings is 2. The van der Waals surface area contributed by atoms with Crippen molar-refractivity contribution in [3.8, 4) is 0 Å². The third-order valence-electron chi connectivity index (χ3n) is 4.61. The average molecular weight is 493 g/mol. The van der Waals surface area contributed by atoms with Crippen LogP contribution < -0.4 is 4.90 Å². The van der Waals surface area contributed by atoms with Crippen LogP contribution >= 0.6 is 33.9 Å². The van der Waals surface area contributed by atoms with Crippen LogP contribution in [0, 0.1) is 3.57 Å². The molecule has 1 fully saturated rings. The van der Waals surface area contributed by atoms with E-state index < -0.39 is 0 Å². The number of hydrogen-bond donors (Lipinski definition) is 0. The first-order valence-corrected chi connectivity index (χ1v) is 10.8. The van der Waals surface area contributed by atoms with Gasteiger partial charge >= 0.3 is 0 Å². The Hall–Kier alpha value is -1.55. The molecule has 1 aromatic heterocycles. The number of carbonyl (C=O) groups excluding carboxylic acids is 1. The molecule has 27 heavy (non-hydrogen) atoms. The van der Waals surface area contributed by atoms with Crippen molar-refractivity contribution < 1.29 is 9.53 Å². The molecule has 0 aliphatic carbocycles. The molecule has 2 aromatic carbocycles. The van der Waals surface area contributed by atoms with E-state index in [1.807, 2.05) is 53.4 Å². The standard InChI is InChI=1S/C20H20IN3O2S/c21-16-6-2-1-5-15(16)19(25)24(10-9-23-11-13-26-14-12-23)20-22-17-7-3-4-8-18(17)27-20/h1-8H,9-14H2. The molecule has 0 atom stereocenters. The highest BCUT2D eigenvalue weighted by molar-refractivity contribution is 14.1. The van der Waals surface area contributed by atoms with Gasteiger partial charge in [0.2, 0.25) is 0 Å². The number of ether oxygens (including phenoxy) is 1. The maximum Gasteiger partial charge on any atom is 0.261 e. The minimum atomic E-state index is 0.00677. The minimum absolute atomic E-state index is 0.00677. The summed E-state index contributed by atoms with van der Waals surface area (Å²) >= 11 is 3.79. The number of rotatable bonds is 5. The zero-order valence-corrected chi connectivity index (χ0v) is 17.8. The number of hydrogen-bond acceptors (Lipinski definition) is 5. The summed E-state index contributed by atoms with van der Waals surface area (Å²) in [6.45, 7) is 4.75. The number of amides is 1. The number of halogens is 1. The number of carbonyl (C=O) groups is 1. The fourth-order valence-electron chi connectivity index (χ4n) is 3.11. The summed E-state index contributed by atoms with van der Waals surface area (Å²) in [5, 5.41) is 0.758. The second-order valence-corrected chi connectivity index (χ2v) is 8.53. The predicted octanol–water partition coefficient (Wildman–Crippen LogP) is 3.88. The van der Waals surface area contributed by atoms with E-state index in [9.17, 15) is 4.79 Å². The molecule has 0 radical (unpaired) electrons. The first-order valence-electron chi connectivity index (χ1n) is 8.94. The Morgan fingerprint density at radius 3 is 2.67 bits per heavy atom. The van der Waals surface area contributed by atoms with E-state index in [4.69, 9.17) is 9.72 Å². The third kappa shape index (κ3) is 4.31. The van der Waals surface area contributed by atoms with Crippen LogP contribution in [0.4, 0.5) is 5.13 Å². The molecule has 0 bridgehead atoms. The van der Waals surface area contributed by atoms with Crippen LogP contribution in [-0.2, 0) is 4.74 Å². The smallest absolute Gasteiger partial charge is 0.261 e. The van der Waals surface area contributed by atoms with Crippen molar-refractivity contribution in [2.24, 2.45) is 0 Å². The number of fused-ring (bicyclic) bond motifs is 1. The van der Waals surface area contributed by atoms with Gasteiger partial charge in [0.05, 0.1) is 29.0 Å². The summed E-state index contributed by atoms with van der Waals surface area (Å²) in [5.74, 6) is 0.00677. The molecule has 0 saturated carbocycles. The Kier molecular flexibility index (Phi) is 6.01. The van der Waals surface area contributed by atoms with E-state index in [1.54, 1.807) is 11.3 Å². The molecule has 7 heteroatoms. The molecule has 1 amide bonds. The van der Waals surface area contributed by atoms with Gasteiger partial charge in [-0.2, -0.15) is 0 Å². The summed E-state index contributed by atoms with van der Waals surface area (Å²) in [6, 6.07) is 15.7. The van der Waals surface area contributed by atoms with Gasteiger partial charge in [0.15, 0.2) is 5.13 Å². The monoisotopic (exact) mass is 493 g/mol. The van der Waals surface area contributed by atoms with Crippen LogP contribution in [0.2, 0.25) is 0 Å². The van der Waals surface area contributed by atoms with E-state index in [1.165, 1.54) is 0 Å². The van der Waals surface area contributed by atoms with Crippen LogP contribution in [0.5, 0.6) is 0 Å². The minimum Gasteiger partial charge on any atom is -0.379 e. The van der Waals surface area contributed by atoms with E-state index in [0.717, 1.165) is 57.3 Å². The van der Waals surface area contributed by atoms with Crippen molar-refractivity contribution in [3.63, 3.8) is 0 Å². The molecule has 0 spiro atoms. The molecule has 1 aliphatic rings. The van der Waals surface area contributed by atoms with Gasteiger partial charge in [-0.1, -0.05) is 35.6 Å². The average Bonchev–Trinajstić information content (AvgIpc) is 3.13. The zero-order valence-electron chi connectivity index (χ0n) is 14.8. The van der Waals surface area contributed by atoms with E-state index >= 15 is 0 Å². The van der Waals surface area contributed by atoms with E-state index in [-0.39, 0.29) is 5.91 Å². The quantitative estimate of drug-likeness (QED) is 0.507. The summed E-state index contributed by atoms with van der Waals surface area (Å²) < 4.78 is 7.48. The molecule has 5 nitrogen and oxygen atoms in total. The van der Waals surface area contributed by atoms with Crippen LogP contribution in [0.1, 0.15) is 10.4 Å². The lowest BCUT2D eigenvalue weighted by Crippen LogP contribution is -2.43. The fraction of sp³-hybridized carbons (Fsp3) is 0.300. The lowest BCUT2D eigenvalue weighted by molar-refractivity contribution is 0.0391. The van der Waals surface area contributed by atoms with Crippen molar-refractivity contribution in [3.05, 3.63) is 57.7 Å². The van der Waals surface area contributed by atoms with Crippen molar-refractivity contribution in [2.45, 2.75) is 0 Å². The molecular weight excluding hydrogens is 473 g/mol. The van der Waals surface area contributed by atoms with Crippen molar-refractivity contribution >= 4 is 55.2 Å². The van der Waals surface area contributed by atoms with Gasteiger partial charge in [-0.3, -0.25) is 14.6 Å². The van der Waals surface area contributed by atoms with Gasteiger partial charge in [0.25, 0.3) is 5.91 Å². The Bertz CT molecular complexity index is 907. The third-order valence-corrected chi connectivity index (χ3v) is 6.61. The number of nitrogens with zero attached hydrogens (tertiary/aromatic N) is 3. The summed E-state index contributed by atoms with van der Waals surface area (Å²) in [5.41, 5.74) is 1.66. The van der Waals surface area contributed by atoms with Crippen molar-refractivity contribution in [2.75, 3.05) is 44.3 Å². The highest BCUT2D eigenvalue weighted by Gasteiger charge is 2.24. The molecule has 4 rings (SSSR count). The fourth-order valence-corrected chi connectivity index (χ4v) is 4.71. The number of aromatic nitrogens is 1. The lowest BCUT2D eigenvalue weighted by atomic mass is 10.2. The van der Waals surface area contributed by atoms with Crippen LogP contribution in [0.15, 0.2) is 48.5 Å². The summed E-state index contributed by atoms with van der Waals surface area (Å²) in [7, 11) is 0.